The Bertz CT molecular complexity index is 846. The number of rotatable bonds is 7. The minimum Gasteiger partial charge on any atom is -0.383 e. The van der Waals surface area contributed by atoms with Crippen molar-refractivity contribution in [1.82, 2.24) is 9.55 Å². The molecule has 2 aromatic carbocycles. The minimum absolute atomic E-state index is 0.0506. The molecular formula is C18H17FN2O2S. The lowest BCUT2D eigenvalue weighted by atomic mass is 10.1. The summed E-state index contributed by atoms with van der Waals surface area (Å²) >= 11 is 1.38. The third kappa shape index (κ3) is 3.66. The number of methoxy groups -OCH3 is 1. The van der Waals surface area contributed by atoms with Crippen LogP contribution < -0.4 is 0 Å². The first-order valence-corrected chi connectivity index (χ1v) is 8.53. The second kappa shape index (κ2) is 7.59. The van der Waals surface area contributed by atoms with Gasteiger partial charge in [0, 0.05) is 19.2 Å². The van der Waals surface area contributed by atoms with Gasteiger partial charge in [0.05, 0.1) is 23.4 Å². The third-order valence-electron chi connectivity index (χ3n) is 3.64. The van der Waals surface area contributed by atoms with E-state index >= 15 is 0 Å². The summed E-state index contributed by atoms with van der Waals surface area (Å²) in [5.41, 5.74) is 2.42. The van der Waals surface area contributed by atoms with Crippen LogP contribution in [0, 0.1) is 5.82 Å². The lowest BCUT2D eigenvalue weighted by Gasteiger charge is -2.08. The Balaban J connectivity index is 1.78. The molecule has 6 heteroatoms. The molecule has 0 saturated heterocycles. The predicted molar refractivity (Wildman–Crippen MR) is 93.1 cm³/mol. The van der Waals surface area contributed by atoms with Crippen molar-refractivity contribution in [3.63, 3.8) is 0 Å². The summed E-state index contributed by atoms with van der Waals surface area (Å²) < 4.78 is 20.2. The highest BCUT2D eigenvalue weighted by Gasteiger charge is 2.13. The van der Waals surface area contributed by atoms with Gasteiger partial charge in [0.25, 0.3) is 0 Å². The molecule has 0 spiro atoms. The predicted octanol–water partition coefficient (Wildman–Crippen LogP) is 3.80. The normalized spacial score (nSPS) is 11.1. The molecule has 0 fully saturated rings. The third-order valence-corrected chi connectivity index (χ3v) is 4.61. The summed E-state index contributed by atoms with van der Waals surface area (Å²) in [6.45, 7) is 1.24. The maximum Gasteiger partial charge on any atom is 0.173 e. The largest absolute Gasteiger partial charge is 0.383 e. The molecule has 0 aliphatic rings. The van der Waals surface area contributed by atoms with Crippen LogP contribution in [-0.4, -0.2) is 34.8 Å². The van der Waals surface area contributed by atoms with Gasteiger partial charge in [-0.05, 0) is 36.4 Å². The van der Waals surface area contributed by atoms with Crippen molar-refractivity contribution in [3.8, 4) is 0 Å². The number of thioether (sulfide) groups is 1. The van der Waals surface area contributed by atoms with Crippen LogP contribution in [0.4, 0.5) is 4.39 Å². The molecule has 0 radical (unpaired) electrons. The molecule has 0 aliphatic heterocycles. The average molecular weight is 344 g/mol. The number of nitrogens with zero attached hydrogens (tertiary/aromatic N) is 2. The van der Waals surface area contributed by atoms with Crippen molar-refractivity contribution in [3.05, 3.63) is 59.9 Å². The van der Waals surface area contributed by atoms with Gasteiger partial charge in [0.1, 0.15) is 5.82 Å². The van der Waals surface area contributed by atoms with E-state index in [0.29, 0.717) is 18.7 Å². The number of benzene rings is 2. The number of aromatic nitrogens is 2. The van der Waals surface area contributed by atoms with Crippen molar-refractivity contribution in [2.24, 2.45) is 0 Å². The fourth-order valence-electron chi connectivity index (χ4n) is 2.41. The molecule has 4 nitrogen and oxygen atoms in total. The molecule has 0 aliphatic carbocycles. The van der Waals surface area contributed by atoms with Crippen LogP contribution in [0.3, 0.4) is 0 Å². The molecule has 1 aromatic heterocycles. The lowest BCUT2D eigenvalue weighted by molar-refractivity contribution is 0.102. The molecule has 0 atom stereocenters. The van der Waals surface area contributed by atoms with E-state index in [1.165, 1.54) is 36.0 Å². The van der Waals surface area contributed by atoms with Gasteiger partial charge in [-0.3, -0.25) is 4.79 Å². The van der Waals surface area contributed by atoms with E-state index in [1.807, 2.05) is 24.3 Å². The fraction of sp³-hybridized carbons (Fsp3) is 0.222. The molecule has 1 heterocycles. The van der Waals surface area contributed by atoms with Crippen LogP contribution in [0.15, 0.2) is 53.7 Å². The number of carbonyl (C=O) groups excluding carboxylic acids is 1. The van der Waals surface area contributed by atoms with Gasteiger partial charge in [-0.25, -0.2) is 9.37 Å². The van der Waals surface area contributed by atoms with Crippen molar-refractivity contribution in [1.29, 1.82) is 0 Å². The van der Waals surface area contributed by atoms with Gasteiger partial charge >= 0.3 is 0 Å². The van der Waals surface area contributed by atoms with Gasteiger partial charge < -0.3 is 9.30 Å². The Morgan fingerprint density at radius 2 is 1.96 bits per heavy atom. The van der Waals surface area contributed by atoms with Crippen molar-refractivity contribution < 1.29 is 13.9 Å². The SMILES string of the molecule is COCCn1c(SCC(=O)c2ccc(F)cc2)nc2ccccc21. The van der Waals surface area contributed by atoms with Crippen molar-refractivity contribution in [2.75, 3.05) is 19.5 Å². The Labute approximate surface area is 143 Å². The highest BCUT2D eigenvalue weighted by atomic mass is 32.2. The monoisotopic (exact) mass is 344 g/mol. The lowest BCUT2D eigenvalue weighted by Crippen LogP contribution is -2.08. The summed E-state index contributed by atoms with van der Waals surface area (Å²) in [6.07, 6.45) is 0. The van der Waals surface area contributed by atoms with Gasteiger partial charge in [0.2, 0.25) is 0 Å². The van der Waals surface area contributed by atoms with Crippen molar-refractivity contribution >= 4 is 28.6 Å². The number of ketones is 1. The van der Waals surface area contributed by atoms with E-state index in [4.69, 9.17) is 4.74 Å². The summed E-state index contributed by atoms with van der Waals surface area (Å²) in [5.74, 6) is -0.145. The number of hydrogen-bond acceptors (Lipinski definition) is 4. The zero-order chi connectivity index (χ0) is 16.9. The molecular weight excluding hydrogens is 327 g/mol. The number of para-hydroxylation sites is 2. The maximum absolute atomic E-state index is 12.9. The molecule has 0 bridgehead atoms. The van der Waals surface area contributed by atoms with E-state index in [2.05, 4.69) is 9.55 Å². The fourth-order valence-corrected chi connectivity index (χ4v) is 3.35. The van der Waals surface area contributed by atoms with E-state index in [-0.39, 0.29) is 17.4 Å². The van der Waals surface area contributed by atoms with E-state index in [9.17, 15) is 9.18 Å². The number of hydrogen-bond donors (Lipinski definition) is 0. The molecule has 0 N–H and O–H groups in total. The van der Waals surface area contributed by atoms with Gasteiger partial charge in [-0.15, -0.1) is 0 Å². The van der Waals surface area contributed by atoms with E-state index < -0.39 is 0 Å². The first kappa shape index (κ1) is 16.7. The van der Waals surface area contributed by atoms with Gasteiger partial charge in [-0.2, -0.15) is 0 Å². The minimum atomic E-state index is -0.347. The summed E-state index contributed by atoms with van der Waals surface area (Å²) in [7, 11) is 1.66. The van der Waals surface area contributed by atoms with Crippen LogP contribution in [0.1, 0.15) is 10.4 Å². The number of fused-ring (bicyclic) bond motifs is 1. The van der Waals surface area contributed by atoms with E-state index in [1.54, 1.807) is 7.11 Å². The van der Waals surface area contributed by atoms with Gasteiger partial charge in [0.15, 0.2) is 10.9 Å². The second-order valence-electron chi connectivity index (χ2n) is 5.25. The van der Waals surface area contributed by atoms with Crippen LogP contribution >= 0.6 is 11.8 Å². The van der Waals surface area contributed by atoms with Crippen LogP contribution in [0.5, 0.6) is 0 Å². The number of Topliss-reactive ketones (excluding diaryl/α,β-unsaturated/α-hetero) is 1. The Kier molecular flexibility index (Phi) is 5.27. The van der Waals surface area contributed by atoms with Crippen LogP contribution in [-0.2, 0) is 11.3 Å². The highest BCUT2D eigenvalue weighted by Crippen LogP contribution is 2.24. The number of imidazole rings is 1. The first-order chi connectivity index (χ1) is 11.7. The van der Waals surface area contributed by atoms with Gasteiger partial charge in [-0.1, -0.05) is 23.9 Å². The molecule has 3 aromatic rings. The summed E-state index contributed by atoms with van der Waals surface area (Å²) in [4.78, 5) is 16.9. The second-order valence-corrected chi connectivity index (χ2v) is 6.19. The topological polar surface area (TPSA) is 44.1 Å². The average Bonchev–Trinajstić information content (AvgIpc) is 2.96. The van der Waals surface area contributed by atoms with E-state index in [0.717, 1.165) is 16.2 Å². The smallest absolute Gasteiger partial charge is 0.173 e. The maximum atomic E-state index is 12.9. The molecule has 3 rings (SSSR count). The molecule has 0 unspecified atom stereocenters. The number of carbonyl (C=O) groups is 1. The molecule has 24 heavy (non-hydrogen) atoms. The Morgan fingerprint density at radius 1 is 1.21 bits per heavy atom. The van der Waals surface area contributed by atoms with Crippen LogP contribution in [0.25, 0.3) is 11.0 Å². The summed E-state index contributed by atoms with van der Waals surface area (Å²) in [5, 5.41) is 0.781. The zero-order valence-corrected chi connectivity index (χ0v) is 14.1. The van der Waals surface area contributed by atoms with Crippen LogP contribution in [0.2, 0.25) is 0 Å². The summed E-state index contributed by atoms with van der Waals surface area (Å²) in [6, 6.07) is 13.5. The molecule has 124 valence electrons. The quantitative estimate of drug-likeness (QED) is 0.483. The number of halogens is 1. The first-order valence-electron chi connectivity index (χ1n) is 7.55. The molecule has 0 saturated carbocycles. The van der Waals surface area contributed by atoms with Crippen molar-refractivity contribution in [2.45, 2.75) is 11.7 Å². The highest BCUT2D eigenvalue weighted by molar-refractivity contribution is 7.99. The zero-order valence-electron chi connectivity index (χ0n) is 13.2. The Hall–Kier alpha value is -2.18. The Morgan fingerprint density at radius 3 is 2.71 bits per heavy atom. The standard InChI is InChI=1S/C18H17FN2O2S/c1-23-11-10-21-16-5-3-2-4-15(16)20-18(21)24-12-17(22)13-6-8-14(19)9-7-13/h2-9H,10-12H2,1H3. The number of ether oxygens (including phenoxy) is 1. The molecule has 0 amide bonds.